The number of aromatic nitrogens is 2. The predicted molar refractivity (Wildman–Crippen MR) is 99.9 cm³/mol. The lowest BCUT2D eigenvalue weighted by Gasteiger charge is -2.11. The lowest BCUT2D eigenvalue weighted by atomic mass is 10.2. The van der Waals surface area contributed by atoms with Crippen molar-refractivity contribution in [2.45, 2.75) is 20.0 Å². The third kappa shape index (κ3) is 3.60. The van der Waals surface area contributed by atoms with E-state index in [1.165, 1.54) is 12.1 Å². The van der Waals surface area contributed by atoms with Crippen LogP contribution in [-0.4, -0.2) is 15.5 Å². The molecule has 0 spiro atoms. The summed E-state index contributed by atoms with van der Waals surface area (Å²) in [7, 11) is 0. The molecule has 0 radical (unpaired) electrons. The molecule has 1 amide bonds. The number of pyridine rings is 1. The summed E-state index contributed by atoms with van der Waals surface area (Å²) < 4.78 is 21.1. The van der Waals surface area contributed by atoms with E-state index in [1.54, 1.807) is 24.5 Å². The van der Waals surface area contributed by atoms with Gasteiger partial charge in [0.2, 0.25) is 0 Å². The highest BCUT2D eigenvalue weighted by atomic mass is 19.1. The molecule has 136 valence electrons. The van der Waals surface area contributed by atoms with E-state index in [4.69, 9.17) is 4.42 Å². The van der Waals surface area contributed by atoms with Crippen molar-refractivity contribution >= 4 is 17.0 Å². The first-order chi connectivity index (χ1) is 13.1. The molecule has 0 aliphatic heterocycles. The molecule has 0 bridgehead atoms. The molecule has 6 heteroatoms. The lowest BCUT2D eigenvalue weighted by molar-refractivity contribution is 0.0942. The fourth-order valence-electron chi connectivity index (χ4n) is 3.12. The molecule has 3 heterocycles. The minimum Gasteiger partial charge on any atom is -0.460 e. The van der Waals surface area contributed by atoms with E-state index >= 15 is 0 Å². The third-order valence-electron chi connectivity index (χ3n) is 4.35. The average molecular weight is 363 g/mol. The number of fused-ring (bicyclic) bond motifs is 1. The number of rotatable bonds is 5. The van der Waals surface area contributed by atoms with Gasteiger partial charge in [-0.1, -0.05) is 18.2 Å². The van der Waals surface area contributed by atoms with Gasteiger partial charge in [0, 0.05) is 37.6 Å². The van der Waals surface area contributed by atoms with Crippen LogP contribution in [0, 0.1) is 12.7 Å². The van der Waals surface area contributed by atoms with Gasteiger partial charge in [-0.15, -0.1) is 0 Å². The monoisotopic (exact) mass is 363 g/mol. The number of hydrogen-bond acceptors (Lipinski definition) is 3. The number of nitrogens with one attached hydrogen (secondary N) is 1. The summed E-state index contributed by atoms with van der Waals surface area (Å²) in [5.74, 6) is 0.233. The second-order valence-corrected chi connectivity index (χ2v) is 6.40. The summed E-state index contributed by atoms with van der Waals surface area (Å²) in [6, 6.07) is 13.7. The molecule has 1 aromatic carbocycles. The first-order valence-corrected chi connectivity index (χ1v) is 8.61. The first kappa shape index (κ1) is 17.0. The highest BCUT2D eigenvalue weighted by molar-refractivity contribution is 5.97. The van der Waals surface area contributed by atoms with Crippen molar-refractivity contribution in [2.75, 3.05) is 0 Å². The Hall–Kier alpha value is -3.41. The number of furan rings is 1. The van der Waals surface area contributed by atoms with Gasteiger partial charge in [0.25, 0.3) is 5.91 Å². The van der Waals surface area contributed by atoms with Gasteiger partial charge in [-0.05, 0) is 36.2 Å². The van der Waals surface area contributed by atoms with E-state index in [0.717, 1.165) is 22.4 Å². The van der Waals surface area contributed by atoms with E-state index in [0.29, 0.717) is 24.4 Å². The Labute approximate surface area is 155 Å². The zero-order valence-electron chi connectivity index (χ0n) is 14.8. The number of halogens is 1. The van der Waals surface area contributed by atoms with Crippen molar-refractivity contribution in [1.82, 2.24) is 14.9 Å². The third-order valence-corrected chi connectivity index (χ3v) is 4.35. The van der Waals surface area contributed by atoms with Crippen LogP contribution in [0.15, 0.2) is 65.3 Å². The van der Waals surface area contributed by atoms with E-state index in [1.807, 2.05) is 35.8 Å². The highest BCUT2D eigenvalue weighted by Gasteiger charge is 2.18. The minimum atomic E-state index is -0.304. The largest absolute Gasteiger partial charge is 0.460 e. The SMILES string of the molecule is Cc1cc2c(cc(C(=O)NCc3cccnc3)n2Cc2cccc(F)c2)o1. The van der Waals surface area contributed by atoms with E-state index in [2.05, 4.69) is 10.3 Å². The normalized spacial score (nSPS) is 11.0. The van der Waals surface area contributed by atoms with Crippen molar-refractivity contribution in [2.24, 2.45) is 0 Å². The molecule has 0 saturated heterocycles. The van der Waals surface area contributed by atoms with E-state index < -0.39 is 0 Å². The number of amides is 1. The number of nitrogens with zero attached hydrogens (tertiary/aromatic N) is 2. The topological polar surface area (TPSA) is 60.1 Å². The van der Waals surface area contributed by atoms with Crippen molar-refractivity contribution in [3.63, 3.8) is 0 Å². The zero-order chi connectivity index (χ0) is 18.8. The van der Waals surface area contributed by atoms with E-state index in [9.17, 15) is 9.18 Å². The van der Waals surface area contributed by atoms with Crippen LogP contribution in [0.25, 0.3) is 11.1 Å². The molecule has 4 aromatic rings. The van der Waals surface area contributed by atoms with Gasteiger partial charge < -0.3 is 14.3 Å². The summed E-state index contributed by atoms with van der Waals surface area (Å²) in [5.41, 5.74) is 3.59. The van der Waals surface area contributed by atoms with Gasteiger partial charge in [-0.2, -0.15) is 0 Å². The maximum Gasteiger partial charge on any atom is 0.268 e. The van der Waals surface area contributed by atoms with Crippen LogP contribution in [0.1, 0.15) is 27.4 Å². The van der Waals surface area contributed by atoms with Crippen molar-refractivity contribution in [1.29, 1.82) is 0 Å². The summed E-state index contributed by atoms with van der Waals surface area (Å²) in [6.45, 7) is 2.60. The second-order valence-electron chi connectivity index (χ2n) is 6.40. The van der Waals surface area contributed by atoms with Gasteiger partial charge in [-0.3, -0.25) is 9.78 Å². The molecule has 5 nitrogen and oxygen atoms in total. The van der Waals surface area contributed by atoms with Gasteiger partial charge in [0.05, 0.1) is 5.52 Å². The number of benzene rings is 1. The molecule has 0 fully saturated rings. The van der Waals surface area contributed by atoms with Crippen LogP contribution in [0.3, 0.4) is 0 Å². The Bertz CT molecular complexity index is 1100. The van der Waals surface area contributed by atoms with Gasteiger partial charge in [0.15, 0.2) is 5.58 Å². The summed E-state index contributed by atoms with van der Waals surface area (Å²) in [5, 5.41) is 2.90. The Morgan fingerprint density at radius 2 is 2.04 bits per heavy atom. The number of carbonyl (C=O) groups excluding carboxylic acids is 1. The van der Waals surface area contributed by atoms with Crippen LogP contribution >= 0.6 is 0 Å². The Balaban J connectivity index is 1.65. The van der Waals surface area contributed by atoms with E-state index in [-0.39, 0.29) is 11.7 Å². The molecular weight excluding hydrogens is 345 g/mol. The number of hydrogen-bond donors (Lipinski definition) is 1. The maximum atomic E-state index is 13.6. The molecule has 0 atom stereocenters. The quantitative estimate of drug-likeness (QED) is 0.582. The molecule has 3 aromatic heterocycles. The molecule has 0 saturated carbocycles. The predicted octanol–water partition coefficient (Wildman–Crippen LogP) is 4.06. The Kier molecular flexibility index (Phi) is 4.46. The van der Waals surface area contributed by atoms with Crippen LogP contribution < -0.4 is 5.32 Å². The lowest BCUT2D eigenvalue weighted by Crippen LogP contribution is -2.25. The second kappa shape index (κ2) is 7.07. The molecule has 27 heavy (non-hydrogen) atoms. The number of carbonyl (C=O) groups is 1. The molecule has 1 N–H and O–H groups in total. The molecular formula is C21H18FN3O2. The molecule has 0 unspecified atom stereocenters. The van der Waals surface area contributed by atoms with Crippen molar-refractivity contribution < 1.29 is 13.6 Å². The van der Waals surface area contributed by atoms with Gasteiger partial charge in [-0.25, -0.2) is 4.39 Å². The zero-order valence-corrected chi connectivity index (χ0v) is 14.8. The average Bonchev–Trinajstić information content (AvgIpc) is 3.18. The smallest absolute Gasteiger partial charge is 0.268 e. The van der Waals surface area contributed by atoms with Crippen molar-refractivity contribution in [3.8, 4) is 0 Å². The summed E-state index contributed by atoms with van der Waals surface area (Å²) in [6.07, 6.45) is 3.40. The highest BCUT2D eigenvalue weighted by Crippen LogP contribution is 2.25. The van der Waals surface area contributed by atoms with Crippen LogP contribution in [0.2, 0.25) is 0 Å². The molecule has 4 rings (SSSR count). The van der Waals surface area contributed by atoms with Crippen LogP contribution in [0.5, 0.6) is 0 Å². The van der Waals surface area contributed by atoms with Crippen molar-refractivity contribution in [3.05, 3.63) is 89.3 Å². The maximum absolute atomic E-state index is 13.6. The standard InChI is InChI=1S/C21H18FN3O2/c1-14-8-18-20(27-14)10-19(21(26)24-12-16-5-3-7-23-11-16)25(18)13-15-4-2-6-17(22)9-15/h2-11H,12-13H2,1H3,(H,24,26). The Morgan fingerprint density at radius 3 is 2.81 bits per heavy atom. The minimum absolute atomic E-state index is 0.223. The molecule has 0 aliphatic rings. The Morgan fingerprint density at radius 1 is 1.19 bits per heavy atom. The molecule has 0 aliphatic carbocycles. The fourth-order valence-corrected chi connectivity index (χ4v) is 3.12. The van der Waals surface area contributed by atoms with Gasteiger partial charge >= 0.3 is 0 Å². The number of aryl methyl sites for hydroxylation is 1. The van der Waals surface area contributed by atoms with Gasteiger partial charge in [0.1, 0.15) is 17.3 Å². The fraction of sp³-hybridized carbons (Fsp3) is 0.143. The summed E-state index contributed by atoms with van der Waals surface area (Å²) in [4.78, 5) is 16.8. The van der Waals surface area contributed by atoms with Crippen LogP contribution in [0.4, 0.5) is 4.39 Å². The van der Waals surface area contributed by atoms with Crippen LogP contribution in [-0.2, 0) is 13.1 Å². The summed E-state index contributed by atoms with van der Waals surface area (Å²) >= 11 is 0. The first-order valence-electron chi connectivity index (χ1n) is 8.61.